The van der Waals surface area contributed by atoms with Crippen molar-refractivity contribution in [1.29, 1.82) is 0 Å². The molecule has 3 heterocycles. The summed E-state index contributed by atoms with van der Waals surface area (Å²) in [6.07, 6.45) is 6.86. The molecule has 106 valence electrons. The number of hydrogen-bond acceptors (Lipinski definition) is 4. The van der Waals surface area contributed by atoms with Crippen molar-refractivity contribution < 1.29 is 9.32 Å². The average Bonchev–Trinajstić information content (AvgIpc) is 3.10. The van der Waals surface area contributed by atoms with E-state index in [0.717, 1.165) is 38.0 Å². The van der Waals surface area contributed by atoms with Crippen molar-refractivity contribution in [1.82, 2.24) is 19.8 Å². The van der Waals surface area contributed by atoms with E-state index in [1.807, 2.05) is 28.8 Å². The highest BCUT2D eigenvalue weighted by Gasteiger charge is 2.29. The summed E-state index contributed by atoms with van der Waals surface area (Å²) in [6, 6.07) is 3.76. The molecule has 0 aromatic carbocycles. The minimum absolute atomic E-state index is 0.0672. The Kier molecular flexibility index (Phi) is 3.54. The van der Waals surface area contributed by atoms with Gasteiger partial charge in [0.25, 0.3) is 5.91 Å². The highest BCUT2D eigenvalue weighted by atomic mass is 16.5. The van der Waals surface area contributed by atoms with Crippen LogP contribution in [-0.4, -0.2) is 38.3 Å². The van der Waals surface area contributed by atoms with Gasteiger partial charge in [-0.3, -0.25) is 9.48 Å². The van der Waals surface area contributed by atoms with Crippen LogP contribution in [0.3, 0.4) is 0 Å². The van der Waals surface area contributed by atoms with E-state index in [-0.39, 0.29) is 11.9 Å². The lowest BCUT2D eigenvalue weighted by atomic mass is 10.0. The molecule has 0 aliphatic carbocycles. The van der Waals surface area contributed by atoms with Crippen LogP contribution in [0.15, 0.2) is 29.0 Å². The summed E-state index contributed by atoms with van der Waals surface area (Å²) in [6.45, 7) is 3.31. The van der Waals surface area contributed by atoms with Gasteiger partial charge in [-0.1, -0.05) is 5.16 Å². The fourth-order valence-corrected chi connectivity index (χ4v) is 2.69. The van der Waals surface area contributed by atoms with Crippen molar-refractivity contribution >= 4 is 5.91 Å². The molecule has 0 bridgehead atoms. The summed E-state index contributed by atoms with van der Waals surface area (Å²) < 4.78 is 6.98. The Bertz CT molecular complexity index is 576. The molecular formula is C14H18N4O2. The molecule has 2 aromatic rings. The molecular weight excluding hydrogens is 256 g/mol. The van der Waals surface area contributed by atoms with Gasteiger partial charge in [0, 0.05) is 25.0 Å². The predicted octanol–water partition coefficient (Wildman–Crippen LogP) is 1.87. The Morgan fingerprint density at radius 1 is 1.50 bits per heavy atom. The van der Waals surface area contributed by atoms with Gasteiger partial charge in [-0.25, -0.2) is 0 Å². The maximum atomic E-state index is 12.5. The number of rotatable bonds is 3. The summed E-state index contributed by atoms with van der Waals surface area (Å²) in [5, 5.41) is 8.02. The fourth-order valence-electron chi connectivity index (χ4n) is 2.69. The van der Waals surface area contributed by atoms with Crippen molar-refractivity contribution in [3.05, 3.63) is 36.0 Å². The van der Waals surface area contributed by atoms with E-state index < -0.39 is 0 Å². The van der Waals surface area contributed by atoms with Crippen LogP contribution in [0.1, 0.15) is 35.5 Å². The number of carbonyl (C=O) groups excluding carboxylic acids is 1. The van der Waals surface area contributed by atoms with E-state index in [1.54, 1.807) is 12.3 Å². The molecule has 1 unspecified atom stereocenters. The maximum Gasteiger partial charge on any atom is 0.292 e. The monoisotopic (exact) mass is 274 g/mol. The molecule has 1 aliphatic rings. The quantitative estimate of drug-likeness (QED) is 0.857. The number of nitrogens with zero attached hydrogens (tertiary/aromatic N) is 4. The molecule has 0 saturated carbocycles. The van der Waals surface area contributed by atoms with Crippen molar-refractivity contribution in [2.75, 3.05) is 6.54 Å². The Morgan fingerprint density at radius 3 is 3.10 bits per heavy atom. The standard InChI is InChI=1S/C14H18N4O2/c1-11-9-13(20-16-11)14(19)18-8-3-2-5-12(18)10-17-7-4-6-15-17/h4,6-7,9,12H,2-3,5,8,10H2,1H3. The van der Waals surface area contributed by atoms with Crippen LogP contribution in [0.25, 0.3) is 0 Å². The van der Waals surface area contributed by atoms with Crippen molar-refractivity contribution in [3.63, 3.8) is 0 Å². The van der Waals surface area contributed by atoms with E-state index in [2.05, 4.69) is 10.3 Å². The zero-order valence-corrected chi connectivity index (χ0v) is 11.5. The molecule has 1 aliphatic heterocycles. The first-order chi connectivity index (χ1) is 9.74. The molecule has 2 aromatic heterocycles. The topological polar surface area (TPSA) is 64.2 Å². The lowest BCUT2D eigenvalue weighted by Crippen LogP contribution is -2.45. The second-order valence-electron chi connectivity index (χ2n) is 5.21. The van der Waals surface area contributed by atoms with Gasteiger partial charge in [-0.05, 0) is 32.3 Å². The lowest BCUT2D eigenvalue weighted by Gasteiger charge is -2.35. The van der Waals surface area contributed by atoms with Gasteiger partial charge in [-0.2, -0.15) is 5.10 Å². The van der Waals surface area contributed by atoms with Crippen LogP contribution in [0.5, 0.6) is 0 Å². The summed E-state index contributed by atoms with van der Waals surface area (Å²) in [4.78, 5) is 14.4. The number of piperidine rings is 1. The molecule has 6 heteroatoms. The molecule has 0 spiro atoms. The smallest absolute Gasteiger partial charge is 0.292 e. The molecule has 1 fully saturated rings. The third kappa shape index (κ3) is 2.59. The van der Waals surface area contributed by atoms with Gasteiger partial charge in [0.2, 0.25) is 5.76 Å². The summed E-state index contributed by atoms with van der Waals surface area (Å²) in [7, 11) is 0. The number of carbonyl (C=O) groups is 1. The molecule has 6 nitrogen and oxygen atoms in total. The van der Waals surface area contributed by atoms with Crippen LogP contribution in [0.4, 0.5) is 0 Å². The van der Waals surface area contributed by atoms with Crippen LogP contribution in [-0.2, 0) is 6.54 Å². The Labute approximate surface area is 117 Å². The average molecular weight is 274 g/mol. The Balaban J connectivity index is 1.76. The highest BCUT2D eigenvalue weighted by molar-refractivity contribution is 5.91. The van der Waals surface area contributed by atoms with Gasteiger partial charge in [0.15, 0.2) is 0 Å². The van der Waals surface area contributed by atoms with Crippen LogP contribution >= 0.6 is 0 Å². The van der Waals surface area contributed by atoms with Crippen LogP contribution in [0, 0.1) is 6.92 Å². The largest absolute Gasteiger partial charge is 0.351 e. The zero-order valence-electron chi connectivity index (χ0n) is 11.5. The molecule has 1 amide bonds. The highest BCUT2D eigenvalue weighted by Crippen LogP contribution is 2.21. The van der Waals surface area contributed by atoms with E-state index in [9.17, 15) is 4.79 Å². The van der Waals surface area contributed by atoms with E-state index >= 15 is 0 Å². The van der Waals surface area contributed by atoms with E-state index in [1.165, 1.54) is 0 Å². The van der Waals surface area contributed by atoms with Crippen LogP contribution < -0.4 is 0 Å². The SMILES string of the molecule is Cc1cc(C(=O)N2CCCCC2Cn2cccn2)on1. The van der Waals surface area contributed by atoms with Gasteiger partial charge < -0.3 is 9.42 Å². The number of hydrogen-bond donors (Lipinski definition) is 0. The minimum Gasteiger partial charge on any atom is -0.351 e. The molecule has 20 heavy (non-hydrogen) atoms. The van der Waals surface area contributed by atoms with E-state index in [4.69, 9.17) is 4.52 Å². The second kappa shape index (κ2) is 5.48. The van der Waals surface area contributed by atoms with Crippen molar-refractivity contribution in [2.24, 2.45) is 0 Å². The number of amides is 1. The fraction of sp³-hybridized carbons (Fsp3) is 0.500. The van der Waals surface area contributed by atoms with Crippen molar-refractivity contribution in [2.45, 2.75) is 38.8 Å². The molecule has 0 N–H and O–H groups in total. The van der Waals surface area contributed by atoms with Gasteiger partial charge in [-0.15, -0.1) is 0 Å². The minimum atomic E-state index is -0.0672. The first-order valence-electron chi connectivity index (χ1n) is 6.96. The molecule has 1 saturated heterocycles. The van der Waals surface area contributed by atoms with Crippen molar-refractivity contribution in [3.8, 4) is 0 Å². The normalized spacial score (nSPS) is 19.2. The third-order valence-electron chi connectivity index (χ3n) is 3.68. The maximum absolute atomic E-state index is 12.5. The zero-order chi connectivity index (χ0) is 13.9. The number of aromatic nitrogens is 3. The van der Waals surface area contributed by atoms with Gasteiger partial charge in [0.05, 0.1) is 18.3 Å². The summed E-state index contributed by atoms with van der Waals surface area (Å²) in [5.41, 5.74) is 0.731. The Morgan fingerprint density at radius 2 is 2.40 bits per heavy atom. The molecule has 3 rings (SSSR count). The first kappa shape index (κ1) is 12.9. The van der Waals surface area contributed by atoms with Gasteiger partial charge in [0.1, 0.15) is 0 Å². The summed E-state index contributed by atoms with van der Waals surface area (Å²) in [5.74, 6) is 0.261. The number of likely N-dealkylation sites (tertiary alicyclic amines) is 1. The summed E-state index contributed by atoms with van der Waals surface area (Å²) >= 11 is 0. The molecule has 0 radical (unpaired) electrons. The van der Waals surface area contributed by atoms with E-state index in [0.29, 0.717) is 5.76 Å². The van der Waals surface area contributed by atoms with Crippen LogP contribution in [0.2, 0.25) is 0 Å². The van der Waals surface area contributed by atoms with Gasteiger partial charge >= 0.3 is 0 Å². The predicted molar refractivity (Wildman–Crippen MR) is 72.1 cm³/mol. The first-order valence-corrected chi connectivity index (χ1v) is 6.96. The third-order valence-corrected chi connectivity index (χ3v) is 3.68. The Hall–Kier alpha value is -2.11. The lowest BCUT2D eigenvalue weighted by molar-refractivity contribution is 0.0542. The molecule has 1 atom stereocenters. The number of aryl methyl sites for hydroxylation is 1. The second-order valence-corrected chi connectivity index (χ2v) is 5.21.